The largest absolute Gasteiger partial charge is 0.493 e. The van der Waals surface area contributed by atoms with E-state index in [1.807, 2.05) is 26.0 Å². The molecule has 2 N–H and O–H groups in total. The number of carbonyl (C=O) groups excluding carboxylic acids is 2. The number of ether oxygens (including phenoxy) is 8. The SMILES string of the molecule is COc1cc2c(cc1OC)[C@@]1(CS[C@@H]3C4C(OC(C)=O)C(C)=C5OCOC5C4[C@H](COC1=O)N1C3[C@H]3c4c(cc(C)c(OC)c4OC)C[C@@H]([C@@H]1O)N3C)NCC2. The van der Waals surface area contributed by atoms with Crippen molar-refractivity contribution in [1.82, 2.24) is 15.1 Å². The number of aryl methyl sites for hydroxylation is 1. The van der Waals surface area contributed by atoms with Crippen molar-refractivity contribution >= 4 is 23.7 Å². The number of hydrogen-bond acceptors (Lipinski definition) is 15. The summed E-state index contributed by atoms with van der Waals surface area (Å²) in [6.07, 6.45) is -0.827. The van der Waals surface area contributed by atoms with Crippen LogP contribution in [0.2, 0.25) is 0 Å². The highest BCUT2D eigenvalue weighted by Crippen LogP contribution is 2.60. The summed E-state index contributed by atoms with van der Waals surface area (Å²) in [5, 5.41) is 16.0. The lowest BCUT2D eigenvalue weighted by atomic mass is 9.62. The molecule has 1 spiro atoms. The van der Waals surface area contributed by atoms with Gasteiger partial charge in [-0.3, -0.25) is 19.9 Å². The molecular formula is C41H51N3O11S. The van der Waals surface area contributed by atoms with Crippen molar-refractivity contribution in [2.75, 3.05) is 61.2 Å². The van der Waals surface area contributed by atoms with Crippen LogP contribution in [-0.2, 0) is 46.9 Å². The van der Waals surface area contributed by atoms with Gasteiger partial charge in [-0.15, -0.1) is 0 Å². The monoisotopic (exact) mass is 793 g/mol. The smallest absolute Gasteiger partial charge is 0.331 e. The van der Waals surface area contributed by atoms with Crippen LogP contribution in [0, 0.1) is 18.8 Å². The van der Waals surface area contributed by atoms with Crippen LogP contribution in [0.3, 0.4) is 0 Å². The summed E-state index contributed by atoms with van der Waals surface area (Å²) in [4.78, 5) is 32.4. The van der Waals surface area contributed by atoms with Crippen molar-refractivity contribution in [3.8, 4) is 23.0 Å². The summed E-state index contributed by atoms with van der Waals surface area (Å²) in [5.74, 6) is 1.87. The lowest BCUT2D eigenvalue weighted by Crippen LogP contribution is -2.78. The number of esters is 2. The van der Waals surface area contributed by atoms with E-state index in [9.17, 15) is 14.7 Å². The minimum atomic E-state index is -1.24. The Labute approximate surface area is 331 Å². The van der Waals surface area contributed by atoms with Crippen molar-refractivity contribution in [1.29, 1.82) is 0 Å². The quantitative estimate of drug-likeness (QED) is 0.428. The zero-order valence-corrected chi connectivity index (χ0v) is 33.9. The van der Waals surface area contributed by atoms with Crippen LogP contribution in [0.5, 0.6) is 23.0 Å². The Kier molecular flexibility index (Phi) is 9.44. The van der Waals surface area contributed by atoms with Crippen molar-refractivity contribution in [3.63, 3.8) is 0 Å². The van der Waals surface area contributed by atoms with E-state index in [2.05, 4.69) is 28.2 Å². The number of carbonyl (C=O) groups is 2. The van der Waals surface area contributed by atoms with Gasteiger partial charge < -0.3 is 43.0 Å². The van der Waals surface area contributed by atoms with Gasteiger partial charge in [0.1, 0.15) is 30.8 Å². The Morgan fingerprint density at radius 3 is 2.45 bits per heavy atom. The molecule has 56 heavy (non-hydrogen) atoms. The van der Waals surface area contributed by atoms with Gasteiger partial charge in [-0.05, 0) is 68.1 Å². The van der Waals surface area contributed by atoms with Gasteiger partial charge in [-0.2, -0.15) is 11.8 Å². The second-order valence-corrected chi connectivity index (χ2v) is 17.2. The molecule has 5 saturated heterocycles. The Hall–Kier alpha value is -3.73. The molecule has 14 nitrogen and oxygen atoms in total. The highest BCUT2D eigenvalue weighted by Gasteiger charge is 2.67. The number of methoxy groups -OCH3 is 4. The van der Waals surface area contributed by atoms with E-state index in [-0.39, 0.29) is 54.4 Å². The van der Waals surface area contributed by atoms with Crippen LogP contribution >= 0.6 is 11.8 Å². The molecule has 0 amide bonds. The lowest BCUT2D eigenvalue weighted by molar-refractivity contribution is -0.224. The molecule has 7 aliphatic heterocycles. The predicted molar refractivity (Wildman–Crippen MR) is 204 cm³/mol. The number of aliphatic hydroxyl groups excluding tert-OH is 1. The van der Waals surface area contributed by atoms with Crippen LogP contribution < -0.4 is 24.3 Å². The topological polar surface area (TPSA) is 147 Å². The van der Waals surface area contributed by atoms with E-state index in [0.29, 0.717) is 48.1 Å². The van der Waals surface area contributed by atoms with Gasteiger partial charge in [0, 0.05) is 53.5 Å². The van der Waals surface area contributed by atoms with Gasteiger partial charge in [-0.25, -0.2) is 4.79 Å². The Morgan fingerprint density at radius 2 is 1.73 bits per heavy atom. The summed E-state index contributed by atoms with van der Waals surface area (Å²) in [6, 6.07) is 4.52. The van der Waals surface area contributed by atoms with Crippen LogP contribution in [0.4, 0.5) is 0 Å². The average molecular weight is 794 g/mol. The van der Waals surface area contributed by atoms with Gasteiger partial charge in [0.25, 0.3) is 0 Å². The van der Waals surface area contributed by atoms with Gasteiger partial charge in [0.2, 0.25) is 0 Å². The normalized spacial score (nSPS) is 35.9. The molecular weight excluding hydrogens is 743 g/mol. The molecule has 10 rings (SSSR count). The molecule has 15 heteroatoms. The van der Waals surface area contributed by atoms with E-state index in [4.69, 9.17) is 37.9 Å². The Balaban J connectivity index is 1.28. The molecule has 2 aromatic carbocycles. The molecule has 7 heterocycles. The van der Waals surface area contributed by atoms with Crippen LogP contribution in [0.25, 0.3) is 0 Å². The fourth-order valence-electron chi connectivity index (χ4n) is 11.3. The van der Waals surface area contributed by atoms with E-state index in [1.54, 1.807) is 40.2 Å². The zero-order valence-electron chi connectivity index (χ0n) is 33.1. The summed E-state index contributed by atoms with van der Waals surface area (Å²) in [7, 11) is 8.59. The third-order valence-electron chi connectivity index (χ3n) is 13.6. The first-order chi connectivity index (χ1) is 27.0. The van der Waals surface area contributed by atoms with Crippen LogP contribution in [0.15, 0.2) is 29.5 Å². The van der Waals surface area contributed by atoms with Gasteiger partial charge in [0.15, 0.2) is 35.3 Å². The number of thioether (sulfide) groups is 1. The molecule has 302 valence electrons. The first kappa shape index (κ1) is 37.8. The Morgan fingerprint density at radius 1 is 0.982 bits per heavy atom. The van der Waals surface area contributed by atoms with E-state index < -0.39 is 42.0 Å². The van der Waals surface area contributed by atoms with Crippen molar-refractivity contribution in [2.24, 2.45) is 11.8 Å². The number of nitrogens with one attached hydrogen (secondary N) is 1. The third kappa shape index (κ3) is 5.26. The number of nitrogens with zero attached hydrogens (tertiary/aromatic N) is 2. The number of fused-ring (bicyclic) bond motifs is 9. The molecule has 8 aliphatic rings. The minimum absolute atomic E-state index is 0.0413. The number of aliphatic hydroxyl groups is 1. The standard InChI is InChI=1S/C41H51N3O11S/c1-18-11-22-12-24-39(46)44-25-15-52-40(47)41(23-14-27(49-6)26(48-5)13-21(23)9-10-42-41)16-56-38(32(44)31(43(24)4)28(22)36(51-8)33(18)50-7)30-29(25)37-35(53-17-54-37)19(2)34(30)55-20(3)45/h11,13-14,24-25,29-32,34,37-39,42,46H,9-10,12,15-17H2,1-8H3/t24-,25-,29?,30?,31+,32?,34?,37?,38+,39-,41+/m0/s1. The minimum Gasteiger partial charge on any atom is -0.493 e. The van der Waals surface area contributed by atoms with Gasteiger partial charge in [-0.1, -0.05) is 6.07 Å². The zero-order chi connectivity index (χ0) is 39.4. The van der Waals surface area contributed by atoms with Gasteiger partial charge in [0.05, 0.1) is 46.6 Å². The summed E-state index contributed by atoms with van der Waals surface area (Å²) in [6.45, 7) is 5.96. The number of benzene rings is 2. The fourth-order valence-corrected chi connectivity index (χ4v) is 13.2. The maximum Gasteiger partial charge on any atom is 0.331 e. The molecule has 0 radical (unpaired) electrons. The number of piperazine rings is 1. The summed E-state index contributed by atoms with van der Waals surface area (Å²) >= 11 is 1.64. The molecule has 11 atom stereocenters. The van der Waals surface area contributed by atoms with Crippen molar-refractivity contribution < 1.29 is 52.6 Å². The van der Waals surface area contributed by atoms with Crippen LogP contribution in [0.1, 0.15) is 47.7 Å². The van der Waals surface area contributed by atoms with Crippen LogP contribution in [-0.4, -0.2) is 130 Å². The van der Waals surface area contributed by atoms with E-state index in [0.717, 1.165) is 33.4 Å². The first-order valence-electron chi connectivity index (χ1n) is 19.3. The van der Waals surface area contributed by atoms with Crippen molar-refractivity contribution in [3.05, 3.63) is 57.3 Å². The molecule has 1 aliphatic carbocycles. The second kappa shape index (κ2) is 14.0. The summed E-state index contributed by atoms with van der Waals surface area (Å²) in [5.41, 5.74) is 4.38. The van der Waals surface area contributed by atoms with E-state index >= 15 is 0 Å². The molecule has 0 saturated carbocycles. The lowest BCUT2D eigenvalue weighted by Gasteiger charge is -2.66. The third-order valence-corrected chi connectivity index (χ3v) is 15.2. The number of likely N-dealkylation sites (N-methyl/N-ethyl adjacent to an activating group) is 1. The van der Waals surface area contributed by atoms with Crippen molar-refractivity contribution in [2.45, 2.75) is 87.0 Å². The summed E-state index contributed by atoms with van der Waals surface area (Å²) < 4.78 is 49.1. The molecule has 4 bridgehead atoms. The predicted octanol–water partition coefficient (Wildman–Crippen LogP) is 2.84. The molecule has 2 aromatic rings. The fraction of sp³-hybridized carbons (Fsp3) is 0.610. The second-order valence-electron chi connectivity index (χ2n) is 16.0. The molecule has 5 fully saturated rings. The first-order valence-corrected chi connectivity index (χ1v) is 20.4. The Bertz CT molecular complexity index is 1990. The van der Waals surface area contributed by atoms with Gasteiger partial charge >= 0.3 is 11.9 Å². The van der Waals surface area contributed by atoms with E-state index in [1.165, 1.54) is 6.92 Å². The highest BCUT2D eigenvalue weighted by atomic mass is 32.2. The average Bonchev–Trinajstić information content (AvgIpc) is 3.68. The molecule has 5 unspecified atom stereocenters. The highest BCUT2D eigenvalue weighted by molar-refractivity contribution is 8.00. The number of hydrogen-bond donors (Lipinski definition) is 2. The number of piperidine rings is 1. The maximum atomic E-state index is 14.9. The number of rotatable bonds is 5. The molecule has 0 aromatic heterocycles. The maximum absolute atomic E-state index is 14.9.